The fourth-order valence-corrected chi connectivity index (χ4v) is 4.28. The smallest absolute Gasteiger partial charge is 0.370 e. The third-order valence-electron chi connectivity index (χ3n) is 4.63. The van der Waals surface area contributed by atoms with E-state index in [-0.39, 0.29) is 11.6 Å². The van der Waals surface area contributed by atoms with Gasteiger partial charge in [-0.3, -0.25) is 4.68 Å². The summed E-state index contributed by atoms with van der Waals surface area (Å²) in [7, 11) is -3.82. The molecular formula is C16H17F4N3O2S. The first-order chi connectivity index (χ1) is 12.1. The van der Waals surface area contributed by atoms with Gasteiger partial charge < -0.3 is 4.90 Å². The maximum absolute atomic E-state index is 13.5. The molecule has 1 aromatic heterocycles. The number of sulfone groups is 1. The highest BCUT2D eigenvalue weighted by molar-refractivity contribution is 7.92. The molecule has 2 heterocycles. The van der Waals surface area contributed by atoms with Crippen molar-refractivity contribution in [3.63, 3.8) is 0 Å². The van der Waals surface area contributed by atoms with Crippen LogP contribution in [0, 0.1) is 5.82 Å². The standard InChI is InChI=1S/C16H17F4N3O2S/c1-22-13(4-7-21-22)11-5-8-23(9-6-11)14-3-2-12(17)10-15(14)26(24,25)16(18,19)20/h2-4,7,10-11H,5-6,8-9H2,1H3. The Hall–Kier alpha value is -2.10. The van der Waals surface area contributed by atoms with Crippen LogP contribution in [0.15, 0.2) is 35.4 Å². The van der Waals surface area contributed by atoms with Crippen molar-refractivity contribution < 1.29 is 26.0 Å². The molecule has 0 radical (unpaired) electrons. The summed E-state index contributed by atoms with van der Waals surface area (Å²) in [6.07, 6.45) is 2.93. The zero-order chi connectivity index (χ0) is 19.1. The van der Waals surface area contributed by atoms with Crippen LogP contribution in [-0.2, 0) is 16.9 Å². The summed E-state index contributed by atoms with van der Waals surface area (Å²) in [6.45, 7) is 0.726. The molecule has 26 heavy (non-hydrogen) atoms. The monoisotopic (exact) mass is 391 g/mol. The number of nitrogens with zero attached hydrogens (tertiary/aromatic N) is 3. The number of anilines is 1. The lowest BCUT2D eigenvalue weighted by atomic mass is 9.93. The van der Waals surface area contributed by atoms with E-state index >= 15 is 0 Å². The van der Waals surface area contributed by atoms with Gasteiger partial charge in [0.1, 0.15) is 10.7 Å². The summed E-state index contributed by atoms with van der Waals surface area (Å²) < 4.78 is 77.7. The Kier molecular flexibility index (Phi) is 4.72. The van der Waals surface area contributed by atoms with Crippen molar-refractivity contribution in [1.29, 1.82) is 0 Å². The van der Waals surface area contributed by atoms with Gasteiger partial charge in [0.25, 0.3) is 9.84 Å². The fraction of sp³-hybridized carbons (Fsp3) is 0.438. The first-order valence-corrected chi connectivity index (χ1v) is 9.43. The van der Waals surface area contributed by atoms with Crippen LogP contribution in [0.5, 0.6) is 0 Å². The Morgan fingerprint density at radius 1 is 1.15 bits per heavy atom. The second kappa shape index (κ2) is 6.57. The molecule has 10 heteroatoms. The highest BCUT2D eigenvalue weighted by Gasteiger charge is 2.48. The number of hydrogen-bond donors (Lipinski definition) is 0. The number of halogens is 4. The van der Waals surface area contributed by atoms with Crippen molar-refractivity contribution in [2.75, 3.05) is 18.0 Å². The summed E-state index contributed by atoms with van der Waals surface area (Å²) in [5, 5.41) is 4.11. The van der Waals surface area contributed by atoms with Crippen LogP contribution in [0.2, 0.25) is 0 Å². The molecule has 1 saturated heterocycles. The van der Waals surface area contributed by atoms with Gasteiger partial charge in [0.05, 0.1) is 5.69 Å². The summed E-state index contributed by atoms with van der Waals surface area (Å²) in [6, 6.07) is 4.39. The lowest BCUT2D eigenvalue weighted by molar-refractivity contribution is -0.0435. The fourth-order valence-electron chi connectivity index (χ4n) is 3.29. The Balaban J connectivity index is 1.89. The van der Waals surface area contributed by atoms with E-state index in [0.717, 1.165) is 17.8 Å². The van der Waals surface area contributed by atoms with Crippen molar-refractivity contribution in [3.8, 4) is 0 Å². The van der Waals surface area contributed by atoms with Gasteiger partial charge in [0, 0.05) is 37.9 Å². The van der Waals surface area contributed by atoms with Crippen LogP contribution in [-0.4, -0.2) is 36.8 Å². The van der Waals surface area contributed by atoms with Gasteiger partial charge in [0.2, 0.25) is 0 Å². The molecule has 0 bridgehead atoms. The molecule has 1 aromatic carbocycles. The third kappa shape index (κ3) is 3.29. The summed E-state index contributed by atoms with van der Waals surface area (Å²) in [5.41, 5.74) is -4.58. The second-order valence-corrected chi connectivity index (χ2v) is 8.11. The van der Waals surface area contributed by atoms with Crippen LogP contribution >= 0.6 is 0 Å². The number of benzene rings is 1. The maximum Gasteiger partial charge on any atom is 0.501 e. The molecule has 3 rings (SSSR count). The molecule has 0 N–H and O–H groups in total. The Morgan fingerprint density at radius 3 is 2.35 bits per heavy atom. The van der Waals surface area contributed by atoms with E-state index in [2.05, 4.69) is 5.10 Å². The van der Waals surface area contributed by atoms with E-state index < -0.39 is 26.1 Å². The topological polar surface area (TPSA) is 55.2 Å². The minimum Gasteiger partial charge on any atom is -0.370 e. The normalized spacial score (nSPS) is 16.9. The molecule has 1 aliphatic heterocycles. The van der Waals surface area contributed by atoms with E-state index in [1.807, 2.05) is 13.1 Å². The van der Waals surface area contributed by atoms with Crippen molar-refractivity contribution in [3.05, 3.63) is 42.0 Å². The van der Waals surface area contributed by atoms with E-state index in [1.54, 1.807) is 15.8 Å². The number of hydrogen-bond acceptors (Lipinski definition) is 4. The van der Waals surface area contributed by atoms with Crippen LogP contribution in [0.4, 0.5) is 23.2 Å². The van der Waals surface area contributed by atoms with Gasteiger partial charge in [-0.05, 0) is 37.1 Å². The number of piperidine rings is 1. The predicted octanol–water partition coefficient (Wildman–Crippen LogP) is 3.24. The summed E-state index contributed by atoms with van der Waals surface area (Å²) in [5.74, 6) is -0.844. The van der Waals surface area contributed by atoms with E-state index in [0.29, 0.717) is 32.0 Å². The summed E-state index contributed by atoms with van der Waals surface area (Å²) in [4.78, 5) is 0.522. The first-order valence-electron chi connectivity index (χ1n) is 7.95. The molecule has 2 aromatic rings. The predicted molar refractivity (Wildman–Crippen MR) is 87.0 cm³/mol. The molecule has 0 aliphatic carbocycles. The van der Waals surface area contributed by atoms with Gasteiger partial charge in [-0.25, -0.2) is 12.8 Å². The van der Waals surface area contributed by atoms with Gasteiger partial charge in [0.15, 0.2) is 0 Å². The molecule has 0 saturated carbocycles. The molecule has 1 aliphatic rings. The molecular weight excluding hydrogens is 374 g/mol. The van der Waals surface area contributed by atoms with Gasteiger partial charge >= 0.3 is 5.51 Å². The molecule has 0 amide bonds. The Morgan fingerprint density at radius 2 is 1.81 bits per heavy atom. The second-order valence-electron chi connectivity index (χ2n) is 6.20. The average Bonchev–Trinajstić information content (AvgIpc) is 3.00. The lowest BCUT2D eigenvalue weighted by Crippen LogP contribution is -2.35. The summed E-state index contributed by atoms with van der Waals surface area (Å²) >= 11 is 0. The van der Waals surface area contributed by atoms with Crippen LogP contribution in [0.25, 0.3) is 0 Å². The minimum absolute atomic E-state index is 0.118. The highest BCUT2D eigenvalue weighted by atomic mass is 32.2. The number of rotatable bonds is 3. The van der Waals surface area contributed by atoms with Crippen LogP contribution in [0.1, 0.15) is 24.5 Å². The van der Waals surface area contributed by atoms with Crippen molar-refractivity contribution in [2.24, 2.45) is 7.05 Å². The van der Waals surface area contributed by atoms with Gasteiger partial charge in [-0.2, -0.15) is 18.3 Å². The number of aromatic nitrogens is 2. The molecule has 0 atom stereocenters. The quantitative estimate of drug-likeness (QED) is 0.754. The number of aryl methyl sites for hydroxylation is 1. The molecule has 0 spiro atoms. The molecule has 142 valence electrons. The van der Waals surface area contributed by atoms with Gasteiger partial charge in [-0.15, -0.1) is 0 Å². The van der Waals surface area contributed by atoms with Crippen LogP contribution < -0.4 is 4.90 Å². The minimum atomic E-state index is -5.64. The molecule has 5 nitrogen and oxygen atoms in total. The zero-order valence-electron chi connectivity index (χ0n) is 13.9. The average molecular weight is 391 g/mol. The lowest BCUT2D eigenvalue weighted by Gasteiger charge is -2.34. The highest BCUT2D eigenvalue weighted by Crippen LogP contribution is 2.38. The van der Waals surface area contributed by atoms with Crippen molar-refractivity contribution >= 4 is 15.5 Å². The Labute approximate surface area is 148 Å². The largest absolute Gasteiger partial charge is 0.501 e. The van der Waals surface area contributed by atoms with E-state index in [9.17, 15) is 26.0 Å². The van der Waals surface area contributed by atoms with Crippen molar-refractivity contribution in [1.82, 2.24) is 9.78 Å². The third-order valence-corrected chi connectivity index (χ3v) is 6.14. The van der Waals surface area contributed by atoms with Gasteiger partial charge in [-0.1, -0.05) is 0 Å². The molecule has 0 unspecified atom stereocenters. The van der Waals surface area contributed by atoms with Crippen molar-refractivity contribution in [2.45, 2.75) is 29.2 Å². The van der Waals surface area contributed by atoms with Crippen LogP contribution in [0.3, 0.4) is 0 Å². The first kappa shape index (κ1) is 18.7. The zero-order valence-corrected chi connectivity index (χ0v) is 14.7. The maximum atomic E-state index is 13.5. The molecule has 1 fully saturated rings. The van der Waals surface area contributed by atoms with E-state index in [1.165, 1.54) is 0 Å². The SMILES string of the molecule is Cn1nccc1C1CCN(c2ccc(F)cc2S(=O)(=O)C(F)(F)F)CC1. The van der Waals surface area contributed by atoms with E-state index in [4.69, 9.17) is 0 Å². The number of alkyl halides is 3. The Bertz CT molecular complexity index is 900.